The van der Waals surface area contributed by atoms with Crippen LogP contribution in [0.25, 0.3) is 0 Å². The molecule has 1 heterocycles. The molecule has 3 nitrogen and oxygen atoms in total. The highest BCUT2D eigenvalue weighted by atomic mass is 16.5. The van der Waals surface area contributed by atoms with E-state index in [1.165, 1.54) is 7.11 Å². The average molecular weight is 205 g/mol. The van der Waals surface area contributed by atoms with Crippen molar-refractivity contribution in [2.75, 3.05) is 7.11 Å². The Labute approximate surface area is 89.7 Å². The Morgan fingerprint density at radius 2 is 2.27 bits per heavy atom. The molecule has 0 N–H and O–H groups in total. The van der Waals surface area contributed by atoms with E-state index in [-0.39, 0.29) is 5.97 Å². The van der Waals surface area contributed by atoms with Gasteiger partial charge < -0.3 is 9.30 Å². The molecule has 1 aromatic heterocycles. The molecule has 0 amide bonds. The van der Waals surface area contributed by atoms with Gasteiger partial charge in [0.25, 0.3) is 0 Å². The summed E-state index contributed by atoms with van der Waals surface area (Å²) in [5.41, 5.74) is 1.51. The predicted octanol–water partition coefficient (Wildman–Crippen LogP) is 2.19. The molecule has 15 heavy (non-hydrogen) atoms. The van der Waals surface area contributed by atoms with Crippen LogP contribution >= 0.6 is 0 Å². The molecule has 0 atom stereocenters. The van der Waals surface area contributed by atoms with Gasteiger partial charge in [-0.2, -0.15) is 0 Å². The number of hydrogen-bond donors (Lipinski definition) is 0. The van der Waals surface area contributed by atoms with Crippen LogP contribution in [0.2, 0.25) is 0 Å². The third-order valence-electron chi connectivity index (χ3n) is 2.15. The van der Waals surface area contributed by atoms with Crippen molar-refractivity contribution in [2.24, 2.45) is 0 Å². The quantitative estimate of drug-likeness (QED) is 0.545. The molecule has 0 aliphatic rings. The number of methoxy groups -OCH3 is 1. The molecule has 0 aliphatic heterocycles. The summed E-state index contributed by atoms with van der Waals surface area (Å²) in [6.45, 7) is 8.02. The number of allylic oxidation sites excluding steroid dienone is 2. The van der Waals surface area contributed by atoms with Crippen LogP contribution < -0.4 is 0 Å². The SMILES string of the molecule is C=CCc1c(C(=O)OC)ccn1CC=C. The van der Waals surface area contributed by atoms with Gasteiger partial charge in [-0.25, -0.2) is 4.79 Å². The van der Waals surface area contributed by atoms with Gasteiger partial charge in [-0.05, 0) is 6.07 Å². The zero-order valence-electron chi connectivity index (χ0n) is 8.90. The van der Waals surface area contributed by atoms with Gasteiger partial charge in [-0.15, -0.1) is 13.2 Å². The minimum atomic E-state index is -0.310. The van der Waals surface area contributed by atoms with E-state index < -0.39 is 0 Å². The number of aromatic nitrogens is 1. The maximum absolute atomic E-state index is 11.4. The number of esters is 1. The van der Waals surface area contributed by atoms with Crippen LogP contribution in [0, 0.1) is 0 Å². The number of carbonyl (C=O) groups excluding carboxylic acids is 1. The molecule has 0 radical (unpaired) electrons. The smallest absolute Gasteiger partial charge is 0.339 e. The Morgan fingerprint density at radius 3 is 2.80 bits per heavy atom. The van der Waals surface area contributed by atoms with Crippen molar-refractivity contribution in [3.8, 4) is 0 Å². The van der Waals surface area contributed by atoms with Crippen LogP contribution in [-0.4, -0.2) is 17.6 Å². The summed E-state index contributed by atoms with van der Waals surface area (Å²) in [4.78, 5) is 11.4. The Hall–Kier alpha value is -1.77. The molecule has 1 rings (SSSR count). The normalized spacial score (nSPS) is 9.67. The number of hydrogen-bond acceptors (Lipinski definition) is 2. The van der Waals surface area contributed by atoms with Crippen molar-refractivity contribution in [1.29, 1.82) is 0 Å². The zero-order chi connectivity index (χ0) is 11.3. The second-order valence-corrected chi connectivity index (χ2v) is 3.10. The summed E-state index contributed by atoms with van der Waals surface area (Å²) >= 11 is 0. The molecule has 0 fully saturated rings. The van der Waals surface area contributed by atoms with Crippen LogP contribution in [0.5, 0.6) is 0 Å². The number of carbonyl (C=O) groups is 1. The van der Waals surface area contributed by atoms with Gasteiger partial charge in [0.1, 0.15) is 0 Å². The molecule has 80 valence electrons. The molecular weight excluding hydrogens is 190 g/mol. The lowest BCUT2D eigenvalue weighted by Gasteiger charge is -2.06. The Kier molecular flexibility index (Phi) is 3.92. The maximum atomic E-state index is 11.4. The van der Waals surface area contributed by atoms with Gasteiger partial charge in [0.15, 0.2) is 0 Å². The highest BCUT2D eigenvalue weighted by Gasteiger charge is 2.14. The molecule has 0 bridgehead atoms. The Bertz CT molecular complexity index is 377. The van der Waals surface area contributed by atoms with Crippen molar-refractivity contribution in [3.63, 3.8) is 0 Å². The topological polar surface area (TPSA) is 31.2 Å². The Balaban J connectivity index is 3.10. The van der Waals surface area contributed by atoms with E-state index >= 15 is 0 Å². The first-order chi connectivity index (χ1) is 7.24. The maximum Gasteiger partial charge on any atom is 0.339 e. The molecule has 0 aromatic carbocycles. The van der Waals surface area contributed by atoms with Crippen molar-refractivity contribution < 1.29 is 9.53 Å². The largest absolute Gasteiger partial charge is 0.465 e. The van der Waals surface area contributed by atoms with Crippen LogP contribution in [0.3, 0.4) is 0 Å². The summed E-state index contributed by atoms with van der Waals surface area (Å²) in [6, 6.07) is 1.76. The molecule has 0 spiro atoms. The van der Waals surface area contributed by atoms with E-state index in [1.807, 2.05) is 10.8 Å². The first-order valence-electron chi connectivity index (χ1n) is 4.72. The molecule has 3 heteroatoms. The second-order valence-electron chi connectivity index (χ2n) is 3.10. The Morgan fingerprint density at radius 1 is 1.53 bits per heavy atom. The highest BCUT2D eigenvalue weighted by Crippen LogP contribution is 2.14. The summed E-state index contributed by atoms with van der Waals surface area (Å²) in [6.07, 6.45) is 6.05. The fourth-order valence-corrected chi connectivity index (χ4v) is 1.48. The van der Waals surface area contributed by atoms with E-state index in [4.69, 9.17) is 4.74 Å². The summed E-state index contributed by atoms with van der Waals surface area (Å²) in [5.74, 6) is -0.310. The summed E-state index contributed by atoms with van der Waals surface area (Å²) < 4.78 is 6.66. The first-order valence-corrected chi connectivity index (χ1v) is 4.72. The molecule has 0 aliphatic carbocycles. The predicted molar refractivity (Wildman–Crippen MR) is 59.9 cm³/mol. The fourth-order valence-electron chi connectivity index (χ4n) is 1.48. The van der Waals surface area contributed by atoms with Crippen LogP contribution in [-0.2, 0) is 17.7 Å². The molecular formula is C12H15NO2. The van der Waals surface area contributed by atoms with E-state index in [0.29, 0.717) is 18.5 Å². The first kappa shape index (κ1) is 11.3. The number of nitrogens with zero attached hydrogens (tertiary/aromatic N) is 1. The fraction of sp³-hybridized carbons (Fsp3) is 0.250. The van der Waals surface area contributed by atoms with E-state index in [9.17, 15) is 4.79 Å². The lowest BCUT2D eigenvalue weighted by Crippen LogP contribution is -2.07. The van der Waals surface area contributed by atoms with Gasteiger partial charge in [-0.3, -0.25) is 0 Å². The van der Waals surface area contributed by atoms with Crippen molar-refractivity contribution >= 4 is 5.97 Å². The van der Waals surface area contributed by atoms with Crippen LogP contribution in [0.4, 0.5) is 0 Å². The van der Waals surface area contributed by atoms with Crippen molar-refractivity contribution in [3.05, 3.63) is 48.8 Å². The number of rotatable bonds is 5. The van der Waals surface area contributed by atoms with E-state index in [2.05, 4.69) is 13.2 Å². The van der Waals surface area contributed by atoms with Crippen molar-refractivity contribution in [1.82, 2.24) is 4.57 Å². The average Bonchev–Trinajstić information content (AvgIpc) is 2.62. The highest BCUT2D eigenvalue weighted by molar-refractivity contribution is 5.90. The zero-order valence-corrected chi connectivity index (χ0v) is 8.90. The monoisotopic (exact) mass is 205 g/mol. The van der Waals surface area contributed by atoms with Gasteiger partial charge in [0.2, 0.25) is 0 Å². The molecule has 0 unspecified atom stereocenters. The minimum Gasteiger partial charge on any atom is -0.465 e. The van der Waals surface area contributed by atoms with E-state index in [1.54, 1.807) is 18.2 Å². The van der Waals surface area contributed by atoms with Gasteiger partial charge >= 0.3 is 5.97 Å². The summed E-state index contributed by atoms with van der Waals surface area (Å²) in [7, 11) is 1.38. The van der Waals surface area contributed by atoms with Crippen LogP contribution in [0.1, 0.15) is 16.1 Å². The van der Waals surface area contributed by atoms with Gasteiger partial charge in [0, 0.05) is 24.9 Å². The second kappa shape index (κ2) is 5.20. The lowest BCUT2D eigenvalue weighted by atomic mass is 10.2. The van der Waals surface area contributed by atoms with E-state index in [0.717, 1.165) is 5.69 Å². The lowest BCUT2D eigenvalue weighted by molar-refractivity contribution is 0.0599. The number of ether oxygens (including phenoxy) is 1. The van der Waals surface area contributed by atoms with Crippen molar-refractivity contribution in [2.45, 2.75) is 13.0 Å². The molecule has 0 saturated heterocycles. The third-order valence-corrected chi connectivity index (χ3v) is 2.15. The van der Waals surface area contributed by atoms with Gasteiger partial charge in [0.05, 0.1) is 12.7 Å². The minimum absolute atomic E-state index is 0.310. The van der Waals surface area contributed by atoms with Crippen LogP contribution in [0.15, 0.2) is 37.6 Å². The summed E-state index contributed by atoms with van der Waals surface area (Å²) in [5, 5.41) is 0. The molecule has 1 aromatic rings. The molecule has 0 saturated carbocycles. The standard InChI is InChI=1S/C12H15NO2/c1-4-6-11-10(12(14)15-3)7-9-13(11)8-5-2/h4-5,7,9H,1-2,6,8H2,3H3. The van der Waals surface area contributed by atoms with Gasteiger partial charge in [-0.1, -0.05) is 12.2 Å². The third kappa shape index (κ3) is 2.37.